The fourth-order valence-electron chi connectivity index (χ4n) is 2.79. The van der Waals surface area contributed by atoms with Crippen molar-refractivity contribution in [3.8, 4) is 0 Å². The van der Waals surface area contributed by atoms with Crippen LogP contribution in [0.3, 0.4) is 0 Å². The highest BCUT2D eigenvalue weighted by Crippen LogP contribution is 2.24. The van der Waals surface area contributed by atoms with Crippen LogP contribution in [0.4, 0.5) is 0 Å². The van der Waals surface area contributed by atoms with E-state index in [0.29, 0.717) is 32.7 Å². The smallest absolute Gasteiger partial charge is 0.253 e. The average Bonchev–Trinajstić information content (AvgIpc) is 2.67. The molecule has 2 aromatic rings. The Morgan fingerprint density at radius 2 is 1.81 bits per heavy atom. The third kappa shape index (κ3) is 4.65. The third-order valence-corrected chi connectivity index (χ3v) is 6.71. The van der Waals surface area contributed by atoms with E-state index in [2.05, 4.69) is 15.2 Å². The zero-order valence-electron chi connectivity index (χ0n) is 14.9. The Labute approximate surface area is 164 Å². The number of benzene rings is 1. The number of hydrogen-bond acceptors (Lipinski definition) is 5. The van der Waals surface area contributed by atoms with Crippen molar-refractivity contribution in [1.29, 1.82) is 0 Å². The number of amides is 1. The number of hydrogen-bond donors (Lipinski definition) is 1. The van der Waals surface area contributed by atoms with Gasteiger partial charge >= 0.3 is 0 Å². The van der Waals surface area contributed by atoms with Gasteiger partial charge in [-0.25, -0.2) is 8.42 Å². The van der Waals surface area contributed by atoms with Crippen LogP contribution in [0.5, 0.6) is 0 Å². The molecule has 1 aromatic carbocycles. The van der Waals surface area contributed by atoms with E-state index < -0.39 is 15.9 Å². The summed E-state index contributed by atoms with van der Waals surface area (Å²) in [5.74, 6) is -0.424. The Balaban J connectivity index is 1.78. The molecule has 0 spiro atoms. The molecule has 144 valence electrons. The van der Waals surface area contributed by atoms with Gasteiger partial charge in [-0.3, -0.25) is 9.78 Å². The molecule has 7 nitrogen and oxygen atoms in total. The van der Waals surface area contributed by atoms with Crippen LogP contribution in [-0.4, -0.2) is 61.7 Å². The van der Waals surface area contributed by atoms with Crippen LogP contribution in [0.1, 0.15) is 15.9 Å². The van der Waals surface area contributed by atoms with Crippen molar-refractivity contribution in [1.82, 2.24) is 19.5 Å². The van der Waals surface area contributed by atoms with Crippen molar-refractivity contribution < 1.29 is 13.2 Å². The topological polar surface area (TPSA) is 82.6 Å². The standard InChI is InChI=1S/C18H21ClN4O3S/c1-22-8-10-23(11-9-22)27(25,26)15-2-3-17(19)16(12-15)18(24)21-13-14-4-6-20-7-5-14/h2-7,12H,8-11,13H2,1H3,(H,21,24). The molecule has 0 aliphatic carbocycles. The maximum atomic E-state index is 12.9. The van der Waals surface area contributed by atoms with Gasteiger partial charge < -0.3 is 10.2 Å². The first-order valence-corrected chi connectivity index (χ1v) is 10.3. The highest BCUT2D eigenvalue weighted by Gasteiger charge is 2.28. The van der Waals surface area contributed by atoms with Gasteiger partial charge in [-0.1, -0.05) is 11.6 Å². The summed E-state index contributed by atoms with van der Waals surface area (Å²) in [6, 6.07) is 7.81. The molecule has 0 radical (unpaired) electrons. The molecule has 0 saturated carbocycles. The zero-order valence-corrected chi connectivity index (χ0v) is 16.5. The summed E-state index contributed by atoms with van der Waals surface area (Å²) in [6.45, 7) is 2.49. The van der Waals surface area contributed by atoms with Crippen molar-refractivity contribution in [2.45, 2.75) is 11.4 Å². The number of sulfonamides is 1. The van der Waals surface area contributed by atoms with E-state index in [9.17, 15) is 13.2 Å². The van der Waals surface area contributed by atoms with Crippen LogP contribution in [0.2, 0.25) is 5.02 Å². The number of pyridine rings is 1. The lowest BCUT2D eigenvalue weighted by Crippen LogP contribution is -2.47. The summed E-state index contributed by atoms with van der Waals surface area (Å²) in [4.78, 5) is 18.6. The summed E-state index contributed by atoms with van der Waals surface area (Å²) in [7, 11) is -1.71. The van der Waals surface area contributed by atoms with E-state index in [0.717, 1.165) is 5.56 Å². The van der Waals surface area contributed by atoms with Gasteiger partial charge in [0, 0.05) is 45.1 Å². The maximum Gasteiger partial charge on any atom is 0.253 e. The van der Waals surface area contributed by atoms with Gasteiger partial charge in [0.25, 0.3) is 5.91 Å². The lowest BCUT2D eigenvalue weighted by atomic mass is 10.2. The maximum absolute atomic E-state index is 12.9. The summed E-state index contributed by atoms with van der Waals surface area (Å²) >= 11 is 6.14. The summed E-state index contributed by atoms with van der Waals surface area (Å²) in [6.07, 6.45) is 3.27. The number of likely N-dealkylation sites (N-methyl/N-ethyl adjacent to an activating group) is 1. The van der Waals surface area contributed by atoms with E-state index in [4.69, 9.17) is 11.6 Å². The van der Waals surface area contributed by atoms with Crippen molar-refractivity contribution in [2.24, 2.45) is 0 Å². The summed E-state index contributed by atoms with van der Waals surface area (Å²) in [5.41, 5.74) is 1.02. The van der Waals surface area contributed by atoms with Gasteiger partial charge in [-0.2, -0.15) is 4.31 Å². The molecule has 1 fully saturated rings. The highest BCUT2D eigenvalue weighted by molar-refractivity contribution is 7.89. The molecule has 1 aliphatic rings. The second-order valence-corrected chi connectivity index (χ2v) is 8.73. The van der Waals surface area contributed by atoms with Crippen LogP contribution in [0.15, 0.2) is 47.6 Å². The van der Waals surface area contributed by atoms with Gasteiger partial charge in [-0.15, -0.1) is 0 Å². The molecule has 27 heavy (non-hydrogen) atoms. The zero-order chi connectivity index (χ0) is 19.4. The van der Waals surface area contributed by atoms with E-state index in [-0.39, 0.29) is 15.5 Å². The normalized spacial score (nSPS) is 16.2. The fourth-order valence-corrected chi connectivity index (χ4v) is 4.45. The Hall–Kier alpha value is -2.00. The number of carbonyl (C=O) groups excluding carboxylic acids is 1. The highest BCUT2D eigenvalue weighted by atomic mass is 35.5. The minimum Gasteiger partial charge on any atom is -0.348 e. The van der Waals surface area contributed by atoms with Gasteiger partial charge in [0.1, 0.15) is 0 Å². The van der Waals surface area contributed by atoms with Gasteiger partial charge in [0.2, 0.25) is 10.0 Å². The van der Waals surface area contributed by atoms with Crippen molar-refractivity contribution in [3.63, 3.8) is 0 Å². The fraction of sp³-hybridized carbons (Fsp3) is 0.333. The van der Waals surface area contributed by atoms with E-state index in [1.54, 1.807) is 24.5 Å². The molecule has 9 heteroatoms. The van der Waals surface area contributed by atoms with Crippen molar-refractivity contribution in [3.05, 3.63) is 58.9 Å². The number of carbonyl (C=O) groups is 1. The molecule has 1 aromatic heterocycles. The van der Waals surface area contributed by atoms with Crippen LogP contribution in [-0.2, 0) is 16.6 Å². The predicted octanol–water partition coefficient (Wildman–Crippen LogP) is 1.60. The quantitative estimate of drug-likeness (QED) is 0.812. The molecule has 0 unspecified atom stereocenters. The Bertz CT molecular complexity index is 913. The van der Waals surface area contributed by atoms with Gasteiger partial charge in [0.05, 0.1) is 15.5 Å². The second kappa shape index (κ2) is 8.35. The van der Waals surface area contributed by atoms with Crippen LogP contribution < -0.4 is 5.32 Å². The number of aromatic nitrogens is 1. The van der Waals surface area contributed by atoms with E-state index in [1.807, 2.05) is 7.05 Å². The molecular weight excluding hydrogens is 388 g/mol. The average molecular weight is 409 g/mol. The van der Waals surface area contributed by atoms with Crippen LogP contribution >= 0.6 is 11.6 Å². The Morgan fingerprint density at radius 3 is 2.48 bits per heavy atom. The lowest BCUT2D eigenvalue weighted by molar-refractivity contribution is 0.0951. The summed E-state index contributed by atoms with van der Waals surface area (Å²) < 4.78 is 27.2. The molecule has 1 N–H and O–H groups in total. The first kappa shape index (κ1) is 19.8. The first-order chi connectivity index (χ1) is 12.9. The number of piperazine rings is 1. The van der Waals surface area contributed by atoms with Crippen LogP contribution in [0.25, 0.3) is 0 Å². The van der Waals surface area contributed by atoms with Crippen LogP contribution in [0, 0.1) is 0 Å². The molecule has 0 bridgehead atoms. The van der Waals surface area contributed by atoms with E-state index >= 15 is 0 Å². The largest absolute Gasteiger partial charge is 0.348 e. The monoisotopic (exact) mass is 408 g/mol. The number of nitrogens with zero attached hydrogens (tertiary/aromatic N) is 3. The minimum absolute atomic E-state index is 0.0746. The van der Waals surface area contributed by atoms with Crippen molar-refractivity contribution >= 4 is 27.5 Å². The molecule has 1 saturated heterocycles. The molecule has 0 atom stereocenters. The number of nitrogens with one attached hydrogen (secondary N) is 1. The molecule has 1 aliphatic heterocycles. The van der Waals surface area contributed by atoms with Gasteiger partial charge in [-0.05, 0) is 42.9 Å². The minimum atomic E-state index is -3.67. The summed E-state index contributed by atoms with van der Waals surface area (Å²) in [5, 5.41) is 2.96. The second-order valence-electron chi connectivity index (χ2n) is 6.39. The SMILES string of the molecule is CN1CCN(S(=O)(=O)c2ccc(Cl)c(C(=O)NCc3ccncc3)c2)CC1. The number of rotatable bonds is 5. The number of halogens is 1. The Morgan fingerprint density at radius 1 is 1.15 bits per heavy atom. The third-order valence-electron chi connectivity index (χ3n) is 4.48. The Kier molecular flexibility index (Phi) is 6.11. The first-order valence-electron chi connectivity index (χ1n) is 8.53. The molecule has 2 heterocycles. The lowest BCUT2D eigenvalue weighted by Gasteiger charge is -2.31. The molecule has 3 rings (SSSR count). The molecule has 1 amide bonds. The predicted molar refractivity (Wildman–Crippen MR) is 103 cm³/mol. The molecular formula is C18H21ClN4O3S. The van der Waals surface area contributed by atoms with Gasteiger partial charge in [0.15, 0.2) is 0 Å². The van der Waals surface area contributed by atoms with Crippen molar-refractivity contribution in [2.75, 3.05) is 33.2 Å². The van der Waals surface area contributed by atoms with E-state index in [1.165, 1.54) is 22.5 Å².